The number of hydrogen-bond donors (Lipinski definition) is 1. The molecule has 6 nitrogen and oxygen atoms in total. The van der Waals surface area contributed by atoms with E-state index in [0.717, 1.165) is 0 Å². The Morgan fingerprint density at radius 3 is 2.54 bits per heavy atom. The van der Waals surface area contributed by atoms with Gasteiger partial charge >= 0.3 is 5.97 Å². The van der Waals surface area contributed by atoms with E-state index >= 15 is 0 Å². The van der Waals surface area contributed by atoms with E-state index in [4.69, 9.17) is 16.3 Å². The molecule has 0 aliphatic rings. The average Bonchev–Trinajstić information content (AvgIpc) is 2.61. The van der Waals surface area contributed by atoms with Gasteiger partial charge in [-0.1, -0.05) is 35.9 Å². The van der Waals surface area contributed by atoms with E-state index in [1.54, 1.807) is 42.5 Å². The molecule has 0 saturated carbocycles. The average molecular weight is 342 g/mol. The number of nitrogens with one attached hydrogen (secondary N) is 1. The Hall–Kier alpha value is -2.99. The third-order valence-electron chi connectivity index (χ3n) is 3.14. The summed E-state index contributed by atoms with van der Waals surface area (Å²) >= 11 is 5.94. The lowest BCUT2D eigenvalue weighted by atomic mass is 10.3. The first-order valence-corrected chi connectivity index (χ1v) is 7.44. The van der Waals surface area contributed by atoms with Crippen LogP contribution in [0.5, 0.6) is 0 Å². The fourth-order valence-electron chi connectivity index (χ4n) is 2.01. The Labute approximate surface area is 142 Å². The SMILES string of the molecule is O=C(COC(=O)c1cnc2ccccc2n1)Nc1ccccc1Cl. The highest BCUT2D eigenvalue weighted by atomic mass is 35.5. The van der Waals surface area contributed by atoms with Gasteiger partial charge in [0, 0.05) is 0 Å². The molecule has 0 saturated heterocycles. The van der Waals surface area contributed by atoms with Crippen LogP contribution in [0.1, 0.15) is 10.5 Å². The molecular formula is C17H12ClN3O3. The van der Waals surface area contributed by atoms with Crippen molar-refractivity contribution < 1.29 is 14.3 Å². The molecule has 0 spiro atoms. The van der Waals surface area contributed by atoms with Gasteiger partial charge in [-0.3, -0.25) is 9.78 Å². The van der Waals surface area contributed by atoms with Crippen molar-refractivity contribution in [3.63, 3.8) is 0 Å². The number of ether oxygens (including phenoxy) is 1. The zero-order valence-electron chi connectivity index (χ0n) is 12.4. The van der Waals surface area contributed by atoms with Crippen LogP contribution in [-0.4, -0.2) is 28.5 Å². The number of halogens is 1. The monoisotopic (exact) mass is 341 g/mol. The van der Waals surface area contributed by atoms with Crippen LogP contribution < -0.4 is 5.32 Å². The van der Waals surface area contributed by atoms with Gasteiger partial charge in [-0.15, -0.1) is 0 Å². The first kappa shape index (κ1) is 15.9. The van der Waals surface area contributed by atoms with Gasteiger partial charge in [0.1, 0.15) is 0 Å². The Kier molecular flexibility index (Phi) is 4.67. The summed E-state index contributed by atoms with van der Waals surface area (Å²) in [5.74, 6) is -1.22. The van der Waals surface area contributed by atoms with E-state index in [2.05, 4.69) is 15.3 Å². The van der Waals surface area contributed by atoms with Crippen molar-refractivity contribution in [3.05, 3.63) is 65.4 Å². The summed E-state index contributed by atoms with van der Waals surface area (Å²) in [5, 5.41) is 2.96. The Morgan fingerprint density at radius 2 is 1.75 bits per heavy atom. The highest BCUT2D eigenvalue weighted by molar-refractivity contribution is 6.33. The number of esters is 1. The van der Waals surface area contributed by atoms with E-state index in [1.807, 2.05) is 6.07 Å². The predicted octanol–water partition coefficient (Wildman–Crippen LogP) is 3.08. The summed E-state index contributed by atoms with van der Waals surface area (Å²) < 4.78 is 4.95. The molecule has 1 N–H and O–H groups in total. The van der Waals surface area contributed by atoms with Crippen LogP contribution in [-0.2, 0) is 9.53 Å². The zero-order chi connectivity index (χ0) is 16.9. The highest BCUT2D eigenvalue weighted by Gasteiger charge is 2.13. The van der Waals surface area contributed by atoms with E-state index in [9.17, 15) is 9.59 Å². The van der Waals surface area contributed by atoms with Gasteiger partial charge < -0.3 is 10.1 Å². The molecule has 0 radical (unpaired) electrons. The molecule has 1 aromatic heterocycles. The van der Waals surface area contributed by atoms with Crippen molar-refractivity contribution in [2.24, 2.45) is 0 Å². The maximum atomic E-state index is 12.0. The molecule has 1 amide bonds. The minimum absolute atomic E-state index is 0.0410. The number of fused-ring (bicyclic) bond motifs is 1. The molecule has 3 rings (SSSR count). The number of benzene rings is 2. The molecule has 0 aliphatic carbocycles. The summed E-state index contributed by atoms with van der Waals surface area (Å²) in [5.41, 5.74) is 1.74. The molecule has 0 bridgehead atoms. The van der Waals surface area contributed by atoms with Crippen LogP contribution in [0.15, 0.2) is 54.7 Å². The minimum Gasteiger partial charge on any atom is -0.451 e. The zero-order valence-corrected chi connectivity index (χ0v) is 13.2. The van der Waals surface area contributed by atoms with Gasteiger partial charge in [-0.05, 0) is 24.3 Å². The number of para-hydroxylation sites is 3. The first-order chi connectivity index (χ1) is 11.6. The third kappa shape index (κ3) is 3.67. The van der Waals surface area contributed by atoms with Crippen molar-refractivity contribution >= 4 is 40.2 Å². The standard InChI is InChI=1S/C17H12ClN3O3/c18-11-5-1-2-6-12(11)21-16(22)10-24-17(23)15-9-19-13-7-3-4-8-14(13)20-15/h1-9H,10H2,(H,21,22). The lowest BCUT2D eigenvalue weighted by Gasteiger charge is -2.07. The molecule has 0 unspecified atom stereocenters. The Balaban J connectivity index is 1.62. The molecule has 0 atom stereocenters. The molecule has 0 aliphatic heterocycles. The topological polar surface area (TPSA) is 81.2 Å². The third-order valence-corrected chi connectivity index (χ3v) is 3.47. The number of nitrogens with zero attached hydrogens (tertiary/aromatic N) is 2. The van der Waals surface area contributed by atoms with Crippen LogP contribution in [0, 0.1) is 0 Å². The Morgan fingerprint density at radius 1 is 1.04 bits per heavy atom. The molecule has 7 heteroatoms. The van der Waals surface area contributed by atoms with Crippen LogP contribution in [0.4, 0.5) is 5.69 Å². The van der Waals surface area contributed by atoms with Gasteiger partial charge in [0.15, 0.2) is 12.3 Å². The van der Waals surface area contributed by atoms with Crippen LogP contribution in [0.2, 0.25) is 5.02 Å². The van der Waals surface area contributed by atoms with Crippen LogP contribution in [0.3, 0.4) is 0 Å². The second-order valence-electron chi connectivity index (χ2n) is 4.85. The lowest BCUT2D eigenvalue weighted by Crippen LogP contribution is -2.21. The van der Waals surface area contributed by atoms with Gasteiger partial charge in [0.05, 0.1) is 27.9 Å². The molecular weight excluding hydrogens is 330 g/mol. The number of carbonyl (C=O) groups is 2. The van der Waals surface area contributed by atoms with Crippen molar-refractivity contribution in [3.8, 4) is 0 Å². The summed E-state index contributed by atoms with van der Waals surface area (Å²) in [6, 6.07) is 13.9. The number of carbonyl (C=O) groups excluding carboxylic acids is 2. The molecule has 3 aromatic rings. The number of amides is 1. The fourth-order valence-corrected chi connectivity index (χ4v) is 2.19. The fraction of sp³-hybridized carbons (Fsp3) is 0.0588. The molecule has 0 fully saturated rings. The lowest BCUT2D eigenvalue weighted by molar-refractivity contribution is -0.119. The summed E-state index contributed by atoms with van der Waals surface area (Å²) in [4.78, 5) is 32.1. The molecule has 1 heterocycles. The number of anilines is 1. The van der Waals surface area contributed by atoms with E-state index in [-0.39, 0.29) is 5.69 Å². The van der Waals surface area contributed by atoms with Crippen molar-refractivity contribution in [2.75, 3.05) is 11.9 Å². The largest absolute Gasteiger partial charge is 0.451 e. The number of hydrogen-bond acceptors (Lipinski definition) is 5. The molecule has 120 valence electrons. The van der Waals surface area contributed by atoms with Gasteiger partial charge in [0.2, 0.25) is 0 Å². The number of rotatable bonds is 4. The van der Waals surface area contributed by atoms with Gasteiger partial charge in [-0.2, -0.15) is 0 Å². The van der Waals surface area contributed by atoms with Gasteiger partial charge in [0.25, 0.3) is 5.91 Å². The predicted molar refractivity (Wildman–Crippen MR) is 89.9 cm³/mol. The second kappa shape index (κ2) is 7.06. The van der Waals surface area contributed by atoms with Crippen LogP contribution in [0.25, 0.3) is 11.0 Å². The molecule has 2 aromatic carbocycles. The summed E-state index contributed by atoms with van der Waals surface area (Å²) in [6.07, 6.45) is 1.32. The summed E-state index contributed by atoms with van der Waals surface area (Å²) in [7, 11) is 0. The van der Waals surface area contributed by atoms with Crippen molar-refractivity contribution in [2.45, 2.75) is 0 Å². The normalized spacial score (nSPS) is 10.4. The maximum absolute atomic E-state index is 12.0. The molecule has 24 heavy (non-hydrogen) atoms. The van der Waals surface area contributed by atoms with Gasteiger partial charge in [-0.25, -0.2) is 9.78 Å². The second-order valence-corrected chi connectivity index (χ2v) is 5.26. The van der Waals surface area contributed by atoms with E-state index < -0.39 is 18.5 Å². The quantitative estimate of drug-likeness (QED) is 0.737. The van der Waals surface area contributed by atoms with E-state index in [0.29, 0.717) is 21.7 Å². The Bertz CT molecular complexity index is 914. The number of aromatic nitrogens is 2. The van der Waals surface area contributed by atoms with Crippen LogP contribution >= 0.6 is 11.6 Å². The maximum Gasteiger partial charge on any atom is 0.359 e. The minimum atomic E-state index is -0.720. The summed E-state index contributed by atoms with van der Waals surface area (Å²) in [6.45, 7) is -0.446. The van der Waals surface area contributed by atoms with E-state index in [1.165, 1.54) is 6.20 Å². The first-order valence-electron chi connectivity index (χ1n) is 7.07. The van der Waals surface area contributed by atoms with Crippen molar-refractivity contribution in [1.29, 1.82) is 0 Å². The smallest absolute Gasteiger partial charge is 0.359 e. The highest BCUT2D eigenvalue weighted by Crippen LogP contribution is 2.20. The van der Waals surface area contributed by atoms with Crippen molar-refractivity contribution in [1.82, 2.24) is 9.97 Å².